The van der Waals surface area contributed by atoms with Gasteiger partial charge in [-0.2, -0.15) is 0 Å². The minimum absolute atomic E-state index is 0.353. The average molecular weight is 251 g/mol. The normalized spacial score (nSPS) is 12.0. The molecule has 0 radical (unpaired) electrons. The maximum atomic E-state index is 11.4. The molecule has 1 aromatic carbocycles. The summed E-state index contributed by atoms with van der Waals surface area (Å²) in [6.07, 6.45) is -0.399. The molecule has 18 heavy (non-hydrogen) atoms. The van der Waals surface area contributed by atoms with Gasteiger partial charge in [0.2, 0.25) is 0 Å². The topological polar surface area (TPSA) is 49.8 Å². The van der Waals surface area contributed by atoms with Crippen molar-refractivity contribution in [3.05, 3.63) is 35.4 Å². The Bertz CT molecular complexity index is 375. The third-order valence-electron chi connectivity index (χ3n) is 2.95. The van der Waals surface area contributed by atoms with Gasteiger partial charge in [-0.05, 0) is 25.8 Å². The first kappa shape index (κ1) is 14.5. The Kier molecular flexibility index (Phi) is 5.65. The van der Waals surface area contributed by atoms with Crippen LogP contribution in [0.5, 0.6) is 0 Å². The van der Waals surface area contributed by atoms with Crippen molar-refractivity contribution in [2.24, 2.45) is 0 Å². The van der Waals surface area contributed by atoms with E-state index in [1.807, 2.05) is 38.1 Å². The highest BCUT2D eigenvalue weighted by atomic mass is 16.5. The number of aryl methyl sites for hydroxylation is 1. The molecule has 0 bridgehead atoms. The lowest BCUT2D eigenvalue weighted by atomic mass is 10.0. The number of aliphatic hydroxyl groups excluding tert-OH is 1. The molecule has 0 spiro atoms. The number of carbonyl (C=O) groups is 1. The van der Waals surface area contributed by atoms with Crippen LogP contribution in [0.15, 0.2) is 24.3 Å². The van der Waals surface area contributed by atoms with Gasteiger partial charge in [-0.3, -0.25) is 0 Å². The number of amides is 1. The third-order valence-corrected chi connectivity index (χ3v) is 2.95. The summed E-state index contributed by atoms with van der Waals surface area (Å²) in [5.74, 6) is 0. The SMILES string of the molecule is CCN(CCC(O)c1ccc(C)cc1)C(=O)OC. The number of rotatable bonds is 5. The molecule has 100 valence electrons. The molecular formula is C14H21NO3. The molecule has 1 rings (SSSR count). The summed E-state index contributed by atoms with van der Waals surface area (Å²) in [5, 5.41) is 10.0. The molecule has 1 atom stereocenters. The van der Waals surface area contributed by atoms with E-state index in [1.54, 1.807) is 4.90 Å². The predicted octanol–water partition coefficient (Wildman–Crippen LogP) is 2.51. The lowest BCUT2D eigenvalue weighted by molar-refractivity contribution is 0.109. The molecule has 1 N–H and O–H groups in total. The summed E-state index contributed by atoms with van der Waals surface area (Å²) in [5.41, 5.74) is 2.04. The van der Waals surface area contributed by atoms with Crippen molar-refractivity contribution < 1.29 is 14.6 Å². The van der Waals surface area contributed by atoms with Crippen LogP contribution < -0.4 is 0 Å². The van der Waals surface area contributed by atoms with Gasteiger partial charge < -0.3 is 14.7 Å². The van der Waals surface area contributed by atoms with Crippen molar-refractivity contribution in [3.63, 3.8) is 0 Å². The molecule has 0 aromatic heterocycles. The summed E-state index contributed by atoms with van der Waals surface area (Å²) in [7, 11) is 1.36. The lowest BCUT2D eigenvalue weighted by Crippen LogP contribution is -2.32. The number of methoxy groups -OCH3 is 1. The Labute approximate surface area is 108 Å². The van der Waals surface area contributed by atoms with Crippen molar-refractivity contribution in [2.45, 2.75) is 26.4 Å². The van der Waals surface area contributed by atoms with Crippen LogP contribution in [-0.4, -0.2) is 36.3 Å². The Morgan fingerprint density at radius 1 is 1.39 bits per heavy atom. The number of aliphatic hydroxyl groups is 1. The maximum Gasteiger partial charge on any atom is 0.409 e. The van der Waals surface area contributed by atoms with E-state index in [0.717, 1.165) is 11.1 Å². The van der Waals surface area contributed by atoms with Crippen molar-refractivity contribution >= 4 is 6.09 Å². The van der Waals surface area contributed by atoms with Gasteiger partial charge in [-0.15, -0.1) is 0 Å². The second-order valence-corrected chi connectivity index (χ2v) is 4.26. The number of benzene rings is 1. The van der Waals surface area contributed by atoms with Crippen LogP contribution in [0.2, 0.25) is 0 Å². The summed E-state index contributed by atoms with van der Waals surface area (Å²) in [6.45, 7) is 4.95. The molecule has 0 aliphatic carbocycles. The first-order valence-corrected chi connectivity index (χ1v) is 6.16. The average Bonchev–Trinajstić information content (AvgIpc) is 2.39. The zero-order valence-corrected chi connectivity index (χ0v) is 11.2. The number of nitrogens with zero attached hydrogens (tertiary/aromatic N) is 1. The molecule has 0 aliphatic heterocycles. The zero-order valence-electron chi connectivity index (χ0n) is 11.2. The summed E-state index contributed by atoms with van der Waals surface area (Å²) in [4.78, 5) is 12.9. The van der Waals surface area contributed by atoms with Crippen molar-refractivity contribution in [1.29, 1.82) is 0 Å². The molecule has 0 fully saturated rings. The van der Waals surface area contributed by atoms with E-state index in [0.29, 0.717) is 19.5 Å². The molecule has 4 heteroatoms. The van der Waals surface area contributed by atoms with Crippen LogP contribution in [0.3, 0.4) is 0 Å². The third kappa shape index (κ3) is 4.04. The van der Waals surface area contributed by atoms with E-state index in [1.165, 1.54) is 7.11 Å². The van der Waals surface area contributed by atoms with Gasteiger partial charge >= 0.3 is 6.09 Å². The summed E-state index contributed by atoms with van der Waals surface area (Å²) in [6, 6.07) is 7.76. The second-order valence-electron chi connectivity index (χ2n) is 4.26. The quantitative estimate of drug-likeness (QED) is 0.874. The Morgan fingerprint density at radius 3 is 2.50 bits per heavy atom. The van der Waals surface area contributed by atoms with Crippen LogP contribution in [-0.2, 0) is 4.74 Å². The fraction of sp³-hybridized carbons (Fsp3) is 0.500. The minimum atomic E-state index is -0.552. The standard InChI is InChI=1S/C14H21NO3/c1-4-15(14(17)18-3)10-9-13(16)12-7-5-11(2)6-8-12/h5-8,13,16H,4,9-10H2,1-3H3. The van der Waals surface area contributed by atoms with Crippen molar-refractivity contribution in [1.82, 2.24) is 4.90 Å². The van der Waals surface area contributed by atoms with E-state index in [-0.39, 0.29) is 6.09 Å². The highest BCUT2D eigenvalue weighted by Crippen LogP contribution is 2.17. The van der Waals surface area contributed by atoms with E-state index >= 15 is 0 Å². The molecule has 0 aliphatic rings. The minimum Gasteiger partial charge on any atom is -0.453 e. The van der Waals surface area contributed by atoms with Gasteiger partial charge in [0.15, 0.2) is 0 Å². The van der Waals surface area contributed by atoms with Crippen LogP contribution in [0.4, 0.5) is 4.79 Å². The highest BCUT2D eigenvalue weighted by Gasteiger charge is 2.14. The number of ether oxygens (including phenoxy) is 1. The van der Waals surface area contributed by atoms with Crippen LogP contribution in [0.1, 0.15) is 30.6 Å². The molecule has 1 aromatic rings. The molecule has 4 nitrogen and oxygen atoms in total. The van der Waals surface area contributed by atoms with Crippen molar-refractivity contribution in [3.8, 4) is 0 Å². The molecule has 0 saturated heterocycles. The van der Waals surface area contributed by atoms with Gasteiger partial charge in [0, 0.05) is 13.1 Å². The number of carbonyl (C=O) groups excluding carboxylic acids is 1. The Morgan fingerprint density at radius 2 is 2.00 bits per heavy atom. The largest absolute Gasteiger partial charge is 0.453 e. The van der Waals surface area contributed by atoms with Crippen molar-refractivity contribution in [2.75, 3.05) is 20.2 Å². The molecule has 1 amide bonds. The van der Waals surface area contributed by atoms with Gasteiger partial charge in [-0.25, -0.2) is 4.79 Å². The smallest absolute Gasteiger partial charge is 0.409 e. The van der Waals surface area contributed by atoms with E-state index in [2.05, 4.69) is 4.74 Å². The first-order chi connectivity index (χ1) is 8.58. The second kappa shape index (κ2) is 7.01. The summed E-state index contributed by atoms with van der Waals surface area (Å²) >= 11 is 0. The first-order valence-electron chi connectivity index (χ1n) is 6.16. The van der Waals surface area contributed by atoms with Gasteiger partial charge in [0.1, 0.15) is 0 Å². The fourth-order valence-corrected chi connectivity index (χ4v) is 1.74. The molecule has 0 heterocycles. The van der Waals surface area contributed by atoms with E-state index < -0.39 is 6.10 Å². The molecule has 0 saturated carbocycles. The zero-order chi connectivity index (χ0) is 13.5. The van der Waals surface area contributed by atoms with Gasteiger partial charge in [0.05, 0.1) is 13.2 Å². The Hall–Kier alpha value is -1.55. The van der Waals surface area contributed by atoms with Crippen LogP contribution >= 0.6 is 0 Å². The number of hydrogen-bond donors (Lipinski definition) is 1. The van der Waals surface area contributed by atoms with Crippen LogP contribution in [0.25, 0.3) is 0 Å². The van der Waals surface area contributed by atoms with Gasteiger partial charge in [-0.1, -0.05) is 29.8 Å². The maximum absolute atomic E-state index is 11.4. The van der Waals surface area contributed by atoms with Gasteiger partial charge in [0.25, 0.3) is 0 Å². The van der Waals surface area contributed by atoms with E-state index in [9.17, 15) is 9.90 Å². The summed E-state index contributed by atoms with van der Waals surface area (Å²) < 4.78 is 4.66. The Balaban J connectivity index is 2.52. The fourth-order valence-electron chi connectivity index (χ4n) is 1.74. The molecular weight excluding hydrogens is 230 g/mol. The highest BCUT2D eigenvalue weighted by molar-refractivity contribution is 5.67. The van der Waals surface area contributed by atoms with Crippen LogP contribution in [0, 0.1) is 6.92 Å². The monoisotopic (exact) mass is 251 g/mol. The lowest BCUT2D eigenvalue weighted by Gasteiger charge is -2.21. The number of hydrogen-bond acceptors (Lipinski definition) is 3. The van der Waals surface area contributed by atoms with E-state index in [4.69, 9.17) is 0 Å². The molecule has 1 unspecified atom stereocenters. The predicted molar refractivity (Wildman–Crippen MR) is 70.4 cm³/mol.